The maximum absolute atomic E-state index is 6.34. The van der Waals surface area contributed by atoms with Crippen molar-refractivity contribution in [3.8, 4) is 22.3 Å². The average molecular weight is 373 g/mol. The quantitative estimate of drug-likeness (QED) is 0.373. The molecule has 1 heteroatoms. The van der Waals surface area contributed by atoms with E-state index in [1.165, 1.54) is 22.3 Å². The number of rotatable bonds is 5. The van der Waals surface area contributed by atoms with E-state index in [-0.39, 0.29) is 0 Å². The SMILES string of the molecule is C=C(/C=C(\N)c1ccc(-c2ccccc2)cc1)c1ccc(-c2ccccc2)cc1. The van der Waals surface area contributed by atoms with Crippen molar-refractivity contribution in [3.05, 3.63) is 133 Å². The molecule has 0 aliphatic heterocycles. The second kappa shape index (κ2) is 8.45. The Kier molecular flexibility index (Phi) is 5.40. The van der Waals surface area contributed by atoms with Gasteiger partial charge in [0.05, 0.1) is 0 Å². The Morgan fingerprint density at radius 2 is 0.897 bits per heavy atom. The molecule has 0 fully saturated rings. The van der Waals surface area contributed by atoms with E-state index in [0.29, 0.717) is 5.70 Å². The molecule has 29 heavy (non-hydrogen) atoms. The molecule has 0 aromatic heterocycles. The van der Waals surface area contributed by atoms with Crippen LogP contribution in [0.15, 0.2) is 122 Å². The van der Waals surface area contributed by atoms with E-state index in [9.17, 15) is 0 Å². The van der Waals surface area contributed by atoms with E-state index in [2.05, 4.69) is 91.5 Å². The number of hydrogen-bond acceptors (Lipinski definition) is 1. The first-order chi connectivity index (χ1) is 14.2. The van der Waals surface area contributed by atoms with E-state index < -0.39 is 0 Å². The molecule has 4 aromatic carbocycles. The minimum atomic E-state index is 0.710. The molecule has 1 nitrogen and oxygen atoms in total. The van der Waals surface area contributed by atoms with Crippen LogP contribution in [0.5, 0.6) is 0 Å². The summed E-state index contributed by atoms with van der Waals surface area (Å²) in [5.74, 6) is 0. The summed E-state index contributed by atoms with van der Waals surface area (Å²) in [4.78, 5) is 0. The van der Waals surface area contributed by atoms with Gasteiger partial charge < -0.3 is 5.73 Å². The van der Waals surface area contributed by atoms with Gasteiger partial charge in [0.1, 0.15) is 0 Å². The Morgan fingerprint density at radius 1 is 0.517 bits per heavy atom. The highest BCUT2D eigenvalue weighted by Crippen LogP contribution is 2.25. The standard InChI is InChI=1S/C28H23N/c1-21(22-12-14-25(15-13-22)23-8-4-2-5-9-23)20-28(29)27-18-16-26(17-19-27)24-10-6-3-7-11-24/h2-20H,1,29H2/b28-20-. The smallest absolute Gasteiger partial charge is 0.0393 e. The molecule has 0 heterocycles. The highest BCUT2D eigenvalue weighted by Gasteiger charge is 2.03. The third-order valence-electron chi connectivity index (χ3n) is 5.02. The molecule has 0 aliphatic rings. The lowest BCUT2D eigenvalue weighted by molar-refractivity contribution is 1.50. The van der Waals surface area contributed by atoms with Gasteiger partial charge in [-0.2, -0.15) is 0 Å². The lowest BCUT2D eigenvalue weighted by Gasteiger charge is -2.08. The number of hydrogen-bond donors (Lipinski definition) is 1. The van der Waals surface area contributed by atoms with E-state index in [1.807, 2.05) is 30.3 Å². The van der Waals surface area contributed by atoms with Crippen LogP contribution in [0.4, 0.5) is 0 Å². The van der Waals surface area contributed by atoms with E-state index >= 15 is 0 Å². The zero-order valence-electron chi connectivity index (χ0n) is 16.3. The molecule has 140 valence electrons. The van der Waals surface area contributed by atoms with E-state index in [0.717, 1.165) is 16.7 Å². The van der Waals surface area contributed by atoms with Crippen LogP contribution in [-0.2, 0) is 0 Å². The molecule has 0 aliphatic carbocycles. The number of allylic oxidation sites excluding steroid dienone is 2. The lowest BCUT2D eigenvalue weighted by Crippen LogP contribution is -1.97. The molecule has 0 bridgehead atoms. The summed E-state index contributed by atoms with van der Waals surface area (Å²) in [7, 11) is 0. The maximum atomic E-state index is 6.34. The monoisotopic (exact) mass is 373 g/mol. The summed E-state index contributed by atoms with van der Waals surface area (Å²) in [6.07, 6.45) is 1.94. The zero-order chi connectivity index (χ0) is 20.1. The molecule has 0 saturated carbocycles. The first-order valence-electron chi connectivity index (χ1n) is 9.68. The van der Waals surface area contributed by atoms with Crippen LogP contribution in [0.1, 0.15) is 11.1 Å². The number of nitrogens with two attached hydrogens (primary N) is 1. The topological polar surface area (TPSA) is 26.0 Å². The van der Waals surface area contributed by atoms with Gasteiger partial charge in [-0.3, -0.25) is 0 Å². The molecule has 4 aromatic rings. The fourth-order valence-corrected chi connectivity index (χ4v) is 3.35. The molecule has 0 saturated heterocycles. The van der Waals surface area contributed by atoms with Crippen LogP contribution in [0.2, 0.25) is 0 Å². The van der Waals surface area contributed by atoms with Crippen LogP contribution < -0.4 is 5.73 Å². The van der Waals surface area contributed by atoms with Crippen molar-refractivity contribution in [2.24, 2.45) is 5.73 Å². The van der Waals surface area contributed by atoms with Gasteiger partial charge in [-0.25, -0.2) is 0 Å². The van der Waals surface area contributed by atoms with Gasteiger partial charge in [-0.1, -0.05) is 116 Å². The molecule has 2 N–H and O–H groups in total. The predicted molar refractivity (Wildman–Crippen MR) is 125 cm³/mol. The third kappa shape index (κ3) is 4.36. The first-order valence-corrected chi connectivity index (χ1v) is 9.68. The van der Waals surface area contributed by atoms with Gasteiger partial charge in [0.15, 0.2) is 0 Å². The van der Waals surface area contributed by atoms with Gasteiger partial charge in [-0.05, 0) is 45.0 Å². The van der Waals surface area contributed by atoms with E-state index in [4.69, 9.17) is 5.73 Å². The Balaban J connectivity index is 1.50. The molecule has 0 amide bonds. The minimum Gasteiger partial charge on any atom is -0.398 e. The second-order valence-corrected chi connectivity index (χ2v) is 7.01. The van der Waals surface area contributed by atoms with Crippen LogP contribution in [0.3, 0.4) is 0 Å². The molecule has 0 atom stereocenters. The van der Waals surface area contributed by atoms with Crippen molar-refractivity contribution in [3.63, 3.8) is 0 Å². The summed E-state index contributed by atoms with van der Waals surface area (Å²) in [6.45, 7) is 4.20. The van der Waals surface area contributed by atoms with Crippen LogP contribution >= 0.6 is 0 Å². The van der Waals surface area contributed by atoms with Gasteiger partial charge in [0, 0.05) is 5.70 Å². The molecular formula is C28H23N. The summed E-state index contributed by atoms with van der Waals surface area (Å²) in [5, 5.41) is 0. The Labute approximate surface area is 172 Å². The largest absolute Gasteiger partial charge is 0.398 e. The van der Waals surface area contributed by atoms with Crippen LogP contribution in [0, 0.1) is 0 Å². The molecule has 0 unspecified atom stereocenters. The molecular weight excluding hydrogens is 350 g/mol. The van der Waals surface area contributed by atoms with Gasteiger partial charge >= 0.3 is 0 Å². The normalized spacial score (nSPS) is 11.2. The highest BCUT2D eigenvalue weighted by atomic mass is 14.6. The van der Waals surface area contributed by atoms with E-state index in [1.54, 1.807) is 0 Å². The van der Waals surface area contributed by atoms with Gasteiger partial charge in [0.2, 0.25) is 0 Å². The lowest BCUT2D eigenvalue weighted by atomic mass is 9.99. The number of benzene rings is 4. The van der Waals surface area contributed by atoms with Crippen molar-refractivity contribution in [1.29, 1.82) is 0 Å². The second-order valence-electron chi connectivity index (χ2n) is 7.01. The summed E-state index contributed by atoms with van der Waals surface area (Å²) in [5.41, 5.74) is 14.8. The Bertz CT molecular complexity index is 1120. The highest BCUT2D eigenvalue weighted by molar-refractivity contribution is 5.83. The van der Waals surface area contributed by atoms with Crippen molar-refractivity contribution >= 4 is 11.3 Å². The predicted octanol–water partition coefficient (Wildman–Crippen LogP) is 7.03. The maximum Gasteiger partial charge on any atom is 0.0393 e. The molecule has 0 spiro atoms. The minimum absolute atomic E-state index is 0.710. The van der Waals surface area contributed by atoms with Crippen LogP contribution in [0.25, 0.3) is 33.5 Å². The summed E-state index contributed by atoms with van der Waals surface area (Å²) < 4.78 is 0. The third-order valence-corrected chi connectivity index (χ3v) is 5.02. The Hall–Kier alpha value is -3.84. The van der Waals surface area contributed by atoms with Gasteiger partial charge in [0.25, 0.3) is 0 Å². The van der Waals surface area contributed by atoms with Crippen molar-refractivity contribution in [1.82, 2.24) is 0 Å². The molecule has 0 radical (unpaired) electrons. The molecule has 4 rings (SSSR count). The van der Waals surface area contributed by atoms with Crippen LogP contribution in [-0.4, -0.2) is 0 Å². The Morgan fingerprint density at radius 3 is 1.34 bits per heavy atom. The summed E-state index contributed by atoms with van der Waals surface area (Å²) in [6, 6.07) is 37.4. The fraction of sp³-hybridized carbons (Fsp3) is 0. The van der Waals surface area contributed by atoms with Gasteiger partial charge in [-0.15, -0.1) is 0 Å². The zero-order valence-corrected chi connectivity index (χ0v) is 16.3. The average Bonchev–Trinajstić information content (AvgIpc) is 2.80. The van der Waals surface area contributed by atoms with Crippen molar-refractivity contribution < 1.29 is 0 Å². The fourth-order valence-electron chi connectivity index (χ4n) is 3.35. The van der Waals surface area contributed by atoms with Crippen molar-refractivity contribution in [2.75, 3.05) is 0 Å². The first kappa shape index (κ1) is 18.5. The summed E-state index contributed by atoms with van der Waals surface area (Å²) >= 11 is 0. The van der Waals surface area contributed by atoms with Crippen molar-refractivity contribution in [2.45, 2.75) is 0 Å².